The molecule has 0 N–H and O–H groups in total. The third kappa shape index (κ3) is 4.46. The summed E-state index contributed by atoms with van der Waals surface area (Å²) in [4.78, 5) is 5.44. The van der Waals surface area contributed by atoms with Crippen molar-refractivity contribution in [1.29, 1.82) is 0 Å². The van der Waals surface area contributed by atoms with E-state index >= 15 is 0 Å². The maximum absolute atomic E-state index is 2.80. The molecular formula is C17H34N2. The number of rotatable bonds is 4. The van der Waals surface area contributed by atoms with Crippen molar-refractivity contribution in [2.45, 2.75) is 71.9 Å². The Labute approximate surface area is 120 Å². The molecule has 0 unspecified atom stereocenters. The first-order valence-corrected chi connectivity index (χ1v) is 8.54. The zero-order valence-corrected chi connectivity index (χ0v) is 13.6. The monoisotopic (exact) mass is 266 g/mol. The van der Waals surface area contributed by atoms with Gasteiger partial charge in [0.15, 0.2) is 0 Å². The number of hydrogen-bond acceptors (Lipinski definition) is 2. The minimum Gasteiger partial charge on any atom is -0.301 e. The molecule has 0 aromatic heterocycles. The molecule has 0 saturated carbocycles. The molecule has 0 radical (unpaired) electrons. The van der Waals surface area contributed by atoms with Gasteiger partial charge in [0.25, 0.3) is 0 Å². The van der Waals surface area contributed by atoms with Crippen molar-refractivity contribution in [3.8, 4) is 0 Å². The van der Waals surface area contributed by atoms with Crippen LogP contribution in [-0.4, -0.2) is 48.1 Å². The van der Waals surface area contributed by atoms with E-state index in [1.165, 1.54) is 58.3 Å². The quantitative estimate of drug-likeness (QED) is 0.767. The second-order valence-electron chi connectivity index (χ2n) is 7.47. The summed E-state index contributed by atoms with van der Waals surface area (Å²) in [6, 6.07) is 1.62. The van der Waals surface area contributed by atoms with Crippen LogP contribution in [0.25, 0.3) is 0 Å². The van der Waals surface area contributed by atoms with Gasteiger partial charge in [0, 0.05) is 12.1 Å². The summed E-state index contributed by atoms with van der Waals surface area (Å²) in [7, 11) is 0. The van der Waals surface area contributed by atoms with Gasteiger partial charge in [-0.25, -0.2) is 0 Å². The third-order valence-electron chi connectivity index (χ3n) is 5.20. The van der Waals surface area contributed by atoms with Crippen molar-refractivity contribution in [2.24, 2.45) is 11.8 Å². The summed E-state index contributed by atoms with van der Waals surface area (Å²) in [5.74, 6) is 1.89. The van der Waals surface area contributed by atoms with Gasteiger partial charge in [-0.15, -0.1) is 0 Å². The number of nitrogens with zero attached hydrogens (tertiary/aromatic N) is 2. The van der Waals surface area contributed by atoms with Crippen LogP contribution in [0.4, 0.5) is 0 Å². The largest absolute Gasteiger partial charge is 0.301 e. The summed E-state index contributed by atoms with van der Waals surface area (Å²) in [6.07, 6.45) is 7.13. The molecule has 2 heterocycles. The molecule has 2 nitrogen and oxygen atoms in total. The van der Waals surface area contributed by atoms with Crippen LogP contribution in [0.3, 0.4) is 0 Å². The summed E-state index contributed by atoms with van der Waals surface area (Å²) in [6.45, 7) is 14.8. The highest BCUT2D eigenvalue weighted by molar-refractivity contribution is 4.84. The molecule has 2 rings (SSSR count). The van der Waals surface area contributed by atoms with Gasteiger partial charge in [-0.05, 0) is 84.0 Å². The predicted octanol–water partition coefficient (Wildman–Crippen LogP) is 3.62. The topological polar surface area (TPSA) is 6.48 Å². The standard InChI is InChI=1S/C17H34N2/c1-14(2)13-16-5-9-19(10-6-16)17-7-11-18(12-8-17)15(3)4/h14-17H,5-13H2,1-4H3. The normalized spacial score (nSPS) is 25.6. The Morgan fingerprint density at radius 3 is 1.89 bits per heavy atom. The highest BCUT2D eigenvalue weighted by Gasteiger charge is 2.28. The summed E-state index contributed by atoms with van der Waals surface area (Å²) < 4.78 is 0. The molecule has 112 valence electrons. The van der Waals surface area contributed by atoms with E-state index in [1.807, 2.05) is 0 Å². The number of hydrogen-bond donors (Lipinski definition) is 0. The van der Waals surface area contributed by atoms with Gasteiger partial charge in [0.1, 0.15) is 0 Å². The van der Waals surface area contributed by atoms with Crippen LogP contribution in [0, 0.1) is 11.8 Å². The molecular weight excluding hydrogens is 232 g/mol. The van der Waals surface area contributed by atoms with Crippen LogP contribution in [0.5, 0.6) is 0 Å². The molecule has 0 spiro atoms. The lowest BCUT2D eigenvalue weighted by atomic mass is 9.87. The average molecular weight is 266 g/mol. The molecule has 0 atom stereocenters. The third-order valence-corrected chi connectivity index (χ3v) is 5.20. The lowest BCUT2D eigenvalue weighted by molar-refractivity contribution is 0.0643. The van der Waals surface area contributed by atoms with E-state index in [9.17, 15) is 0 Å². The molecule has 0 aromatic carbocycles. The predicted molar refractivity (Wildman–Crippen MR) is 83.5 cm³/mol. The van der Waals surface area contributed by atoms with Crippen molar-refractivity contribution in [3.63, 3.8) is 0 Å². The van der Waals surface area contributed by atoms with Crippen LogP contribution in [0.1, 0.15) is 59.8 Å². The summed E-state index contributed by atoms with van der Waals surface area (Å²) in [5, 5.41) is 0. The molecule has 2 saturated heterocycles. The van der Waals surface area contributed by atoms with Crippen molar-refractivity contribution in [1.82, 2.24) is 9.80 Å². The van der Waals surface area contributed by atoms with Gasteiger partial charge in [-0.3, -0.25) is 0 Å². The first-order chi connectivity index (χ1) is 9.06. The van der Waals surface area contributed by atoms with E-state index in [0.717, 1.165) is 23.9 Å². The fourth-order valence-corrected chi connectivity index (χ4v) is 3.99. The smallest absolute Gasteiger partial charge is 0.0120 e. The van der Waals surface area contributed by atoms with Crippen LogP contribution in [0.2, 0.25) is 0 Å². The Hall–Kier alpha value is -0.0800. The Kier molecular flexibility index (Phi) is 5.70. The van der Waals surface area contributed by atoms with E-state index < -0.39 is 0 Å². The van der Waals surface area contributed by atoms with Crippen LogP contribution >= 0.6 is 0 Å². The Morgan fingerprint density at radius 1 is 0.842 bits per heavy atom. The minimum absolute atomic E-state index is 0.734. The fourth-order valence-electron chi connectivity index (χ4n) is 3.99. The van der Waals surface area contributed by atoms with Crippen molar-refractivity contribution < 1.29 is 0 Å². The van der Waals surface area contributed by atoms with Gasteiger partial charge in [-0.2, -0.15) is 0 Å². The lowest BCUT2D eigenvalue weighted by Crippen LogP contribution is -2.49. The van der Waals surface area contributed by atoms with Gasteiger partial charge >= 0.3 is 0 Å². The molecule has 2 aliphatic rings. The van der Waals surface area contributed by atoms with Gasteiger partial charge in [-0.1, -0.05) is 13.8 Å². The maximum atomic E-state index is 2.80. The van der Waals surface area contributed by atoms with Gasteiger partial charge < -0.3 is 9.80 Å². The number of likely N-dealkylation sites (tertiary alicyclic amines) is 2. The summed E-state index contributed by atoms with van der Waals surface area (Å²) in [5.41, 5.74) is 0. The second-order valence-corrected chi connectivity index (χ2v) is 7.47. The average Bonchev–Trinajstić information content (AvgIpc) is 2.39. The minimum atomic E-state index is 0.734. The van der Waals surface area contributed by atoms with E-state index in [1.54, 1.807) is 0 Å². The Morgan fingerprint density at radius 2 is 1.42 bits per heavy atom. The first-order valence-electron chi connectivity index (χ1n) is 8.54. The van der Waals surface area contributed by atoms with Crippen LogP contribution in [0.15, 0.2) is 0 Å². The lowest BCUT2D eigenvalue weighted by Gasteiger charge is -2.43. The molecule has 0 bridgehead atoms. The molecule has 0 aromatic rings. The fraction of sp³-hybridized carbons (Fsp3) is 1.00. The molecule has 2 fully saturated rings. The molecule has 2 heteroatoms. The molecule has 0 amide bonds. The van der Waals surface area contributed by atoms with E-state index in [-0.39, 0.29) is 0 Å². The van der Waals surface area contributed by atoms with E-state index in [0.29, 0.717) is 0 Å². The van der Waals surface area contributed by atoms with Crippen molar-refractivity contribution in [3.05, 3.63) is 0 Å². The molecule has 0 aliphatic carbocycles. The molecule has 2 aliphatic heterocycles. The Bertz CT molecular complexity index is 246. The van der Waals surface area contributed by atoms with Crippen molar-refractivity contribution in [2.75, 3.05) is 26.2 Å². The van der Waals surface area contributed by atoms with Gasteiger partial charge in [0.2, 0.25) is 0 Å². The van der Waals surface area contributed by atoms with E-state index in [4.69, 9.17) is 0 Å². The van der Waals surface area contributed by atoms with Crippen molar-refractivity contribution >= 4 is 0 Å². The highest BCUT2D eigenvalue weighted by atomic mass is 15.2. The Balaban J connectivity index is 1.71. The maximum Gasteiger partial charge on any atom is 0.0120 e. The zero-order valence-electron chi connectivity index (χ0n) is 13.6. The highest BCUT2D eigenvalue weighted by Crippen LogP contribution is 2.27. The van der Waals surface area contributed by atoms with Crippen LogP contribution in [-0.2, 0) is 0 Å². The number of piperidine rings is 2. The molecule has 19 heavy (non-hydrogen) atoms. The SMILES string of the molecule is CC(C)CC1CCN(C2CCN(C(C)C)CC2)CC1. The van der Waals surface area contributed by atoms with Gasteiger partial charge in [0.05, 0.1) is 0 Å². The summed E-state index contributed by atoms with van der Waals surface area (Å²) >= 11 is 0. The zero-order chi connectivity index (χ0) is 13.8. The first kappa shape index (κ1) is 15.3. The van der Waals surface area contributed by atoms with Crippen LogP contribution < -0.4 is 0 Å². The second kappa shape index (κ2) is 7.08. The van der Waals surface area contributed by atoms with E-state index in [2.05, 4.69) is 37.5 Å².